The smallest absolute Gasteiger partial charge is 0.123 e. The third-order valence-corrected chi connectivity index (χ3v) is 4.08. The lowest BCUT2D eigenvalue weighted by Gasteiger charge is -2.25. The summed E-state index contributed by atoms with van der Waals surface area (Å²) in [6, 6.07) is 12.7. The largest absolute Gasteiger partial charge is 0.394 e. The van der Waals surface area contributed by atoms with Crippen molar-refractivity contribution >= 4 is 22.5 Å². The summed E-state index contributed by atoms with van der Waals surface area (Å²) in [5, 5.41) is 21.1. The summed E-state index contributed by atoms with van der Waals surface area (Å²) in [6.45, 7) is -0.429. The summed E-state index contributed by atoms with van der Waals surface area (Å²) < 4.78 is 15.3. The Kier molecular flexibility index (Phi) is 4.16. The summed E-state index contributed by atoms with van der Waals surface area (Å²) in [7, 11) is 0. The molecule has 0 saturated carbocycles. The Morgan fingerprint density at radius 1 is 1.14 bits per heavy atom. The molecule has 3 rings (SSSR count). The first kappa shape index (κ1) is 15.0. The predicted molar refractivity (Wildman–Crippen MR) is 84.6 cm³/mol. The maximum Gasteiger partial charge on any atom is 0.123 e. The number of nitrogens with zero attached hydrogens (tertiary/aromatic N) is 1. The molecule has 0 bridgehead atoms. The minimum atomic E-state index is -1.06. The maximum absolute atomic E-state index is 13.5. The Labute approximate surface area is 132 Å². The molecule has 0 saturated heterocycles. The second-order valence-corrected chi connectivity index (χ2v) is 5.55. The third-order valence-electron chi connectivity index (χ3n) is 3.75. The molecule has 5 heteroatoms. The number of hydrogen-bond donors (Lipinski definition) is 2. The highest BCUT2D eigenvalue weighted by Crippen LogP contribution is 2.31. The van der Waals surface area contributed by atoms with Crippen LogP contribution in [0.5, 0.6) is 0 Å². The monoisotopic (exact) mass is 319 g/mol. The molecule has 114 valence electrons. The van der Waals surface area contributed by atoms with Crippen molar-refractivity contribution in [2.24, 2.45) is 0 Å². The second-order valence-electron chi connectivity index (χ2n) is 5.15. The van der Waals surface area contributed by atoms with Gasteiger partial charge in [0.05, 0.1) is 18.2 Å². The van der Waals surface area contributed by atoms with Crippen LogP contribution in [-0.4, -0.2) is 27.5 Å². The summed E-state index contributed by atoms with van der Waals surface area (Å²) in [4.78, 5) is 0. The van der Waals surface area contributed by atoms with Crippen molar-refractivity contribution in [3.8, 4) is 0 Å². The highest BCUT2D eigenvalue weighted by atomic mass is 35.5. The SMILES string of the molecule is OC[C@@H](O)[C@H](c1cccc(F)c1)n1ccc2c(Cl)cccc21. The van der Waals surface area contributed by atoms with E-state index in [-0.39, 0.29) is 5.82 Å². The van der Waals surface area contributed by atoms with Gasteiger partial charge in [0.25, 0.3) is 0 Å². The third kappa shape index (κ3) is 2.61. The van der Waals surface area contributed by atoms with Gasteiger partial charge in [0.15, 0.2) is 0 Å². The van der Waals surface area contributed by atoms with Crippen LogP contribution in [0.3, 0.4) is 0 Å². The molecule has 1 aromatic heterocycles. The van der Waals surface area contributed by atoms with Crippen LogP contribution in [0.4, 0.5) is 4.39 Å². The van der Waals surface area contributed by atoms with E-state index >= 15 is 0 Å². The number of aliphatic hydroxyl groups is 2. The first-order valence-electron chi connectivity index (χ1n) is 6.91. The van der Waals surface area contributed by atoms with Crippen LogP contribution in [0.25, 0.3) is 10.9 Å². The van der Waals surface area contributed by atoms with Crippen molar-refractivity contribution in [1.82, 2.24) is 4.57 Å². The number of aromatic nitrogens is 1. The van der Waals surface area contributed by atoms with Crippen molar-refractivity contribution < 1.29 is 14.6 Å². The summed E-state index contributed by atoms with van der Waals surface area (Å²) in [5.74, 6) is -0.387. The van der Waals surface area contributed by atoms with Crippen molar-refractivity contribution in [3.63, 3.8) is 0 Å². The molecule has 0 spiro atoms. The van der Waals surface area contributed by atoms with E-state index in [0.717, 1.165) is 10.9 Å². The number of halogens is 2. The molecule has 3 nitrogen and oxygen atoms in total. The van der Waals surface area contributed by atoms with Crippen molar-refractivity contribution in [1.29, 1.82) is 0 Å². The Morgan fingerprint density at radius 3 is 2.64 bits per heavy atom. The highest BCUT2D eigenvalue weighted by molar-refractivity contribution is 6.35. The number of fused-ring (bicyclic) bond motifs is 1. The zero-order valence-corrected chi connectivity index (χ0v) is 12.4. The van der Waals surface area contributed by atoms with Crippen LogP contribution < -0.4 is 0 Å². The molecule has 0 amide bonds. The van der Waals surface area contributed by atoms with Crippen LogP contribution in [0, 0.1) is 5.82 Å². The van der Waals surface area contributed by atoms with Crippen LogP contribution in [0.1, 0.15) is 11.6 Å². The molecule has 0 aliphatic rings. The van der Waals surface area contributed by atoms with E-state index in [2.05, 4.69) is 0 Å². The minimum Gasteiger partial charge on any atom is -0.394 e. The van der Waals surface area contributed by atoms with Crippen molar-refractivity contribution in [3.05, 3.63) is 71.1 Å². The molecular formula is C17H15ClFNO2. The molecule has 0 fully saturated rings. The molecule has 2 N–H and O–H groups in total. The summed E-state index contributed by atoms with van der Waals surface area (Å²) >= 11 is 6.17. The van der Waals surface area contributed by atoms with E-state index < -0.39 is 18.8 Å². The Hall–Kier alpha value is -1.88. The minimum absolute atomic E-state index is 0.387. The molecule has 0 aliphatic carbocycles. The maximum atomic E-state index is 13.5. The van der Waals surface area contributed by atoms with Gasteiger partial charge < -0.3 is 14.8 Å². The molecule has 3 aromatic rings. The average Bonchev–Trinajstić information content (AvgIpc) is 2.93. The highest BCUT2D eigenvalue weighted by Gasteiger charge is 2.24. The first-order valence-corrected chi connectivity index (χ1v) is 7.29. The lowest BCUT2D eigenvalue weighted by atomic mass is 10.0. The van der Waals surface area contributed by atoms with Crippen LogP contribution in [0.15, 0.2) is 54.7 Å². The molecule has 22 heavy (non-hydrogen) atoms. The molecule has 0 radical (unpaired) electrons. The quantitative estimate of drug-likeness (QED) is 0.774. The van der Waals surface area contributed by atoms with E-state index in [1.54, 1.807) is 29.0 Å². The molecule has 1 heterocycles. The standard InChI is InChI=1S/C17H15ClFNO2/c18-14-5-2-6-15-13(14)7-8-20(15)17(16(22)10-21)11-3-1-4-12(19)9-11/h1-9,16-17,21-22H,10H2/t16-,17+/m1/s1. The van der Waals surface area contributed by atoms with Gasteiger partial charge in [-0.15, -0.1) is 0 Å². The number of benzene rings is 2. The number of hydrogen-bond acceptors (Lipinski definition) is 2. The van der Waals surface area contributed by atoms with Crippen LogP contribution in [-0.2, 0) is 0 Å². The Morgan fingerprint density at radius 2 is 1.91 bits per heavy atom. The van der Waals surface area contributed by atoms with Gasteiger partial charge in [-0.25, -0.2) is 4.39 Å². The van der Waals surface area contributed by atoms with E-state index in [4.69, 9.17) is 11.6 Å². The molecule has 2 atom stereocenters. The lowest BCUT2D eigenvalue weighted by molar-refractivity contribution is 0.0653. The summed E-state index contributed by atoms with van der Waals surface area (Å²) in [5.41, 5.74) is 1.40. The zero-order chi connectivity index (χ0) is 15.7. The van der Waals surface area contributed by atoms with Gasteiger partial charge in [0.1, 0.15) is 11.9 Å². The summed E-state index contributed by atoms with van der Waals surface area (Å²) in [6.07, 6.45) is 0.724. The fourth-order valence-corrected chi connectivity index (χ4v) is 2.98. The normalized spacial score (nSPS) is 14.2. The molecule has 2 aromatic carbocycles. The van der Waals surface area contributed by atoms with Gasteiger partial charge in [-0.3, -0.25) is 0 Å². The van der Waals surface area contributed by atoms with Gasteiger partial charge in [0.2, 0.25) is 0 Å². The fraction of sp³-hybridized carbons (Fsp3) is 0.176. The van der Waals surface area contributed by atoms with Crippen LogP contribution in [0.2, 0.25) is 5.02 Å². The fourth-order valence-electron chi connectivity index (χ4n) is 2.75. The van der Waals surface area contributed by atoms with E-state index in [1.165, 1.54) is 12.1 Å². The number of aliphatic hydroxyl groups excluding tert-OH is 2. The van der Waals surface area contributed by atoms with E-state index in [1.807, 2.05) is 18.2 Å². The topological polar surface area (TPSA) is 45.4 Å². The van der Waals surface area contributed by atoms with Gasteiger partial charge in [-0.2, -0.15) is 0 Å². The molecule has 0 aliphatic heterocycles. The zero-order valence-electron chi connectivity index (χ0n) is 11.7. The van der Waals surface area contributed by atoms with Crippen molar-refractivity contribution in [2.45, 2.75) is 12.1 Å². The van der Waals surface area contributed by atoms with E-state index in [9.17, 15) is 14.6 Å². The Balaban J connectivity index is 2.19. The Bertz CT molecular complexity index is 802. The second kappa shape index (κ2) is 6.08. The van der Waals surface area contributed by atoms with Gasteiger partial charge in [0, 0.05) is 16.6 Å². The van der Waals surface area contributed by atoms with Gasteiger partial charge >= 0.3 is 0 Å². The van der Waals surface area contributed by atoms with Gasteiger partial charge in [-0.05, 0) is 35.9 Å². The molecular weight excluding hydrogens is 305 g/mol. The lowest BCUT2D eigenvalue weighted by Crippen LogP contribution is -2.28. The van der Waals surface area contributed by atoms with Crippen molar-refractivity contribution in [2.75, 3.05) is 6.61 Å². The van der Waals surface area contributed by atoms with E-state index in [0.29, 0.717) is 10.6 Å². The van der Waals surface area contributed by atoms with Crippen LogP contribution >= 0.6 is 11.6 Å². The average molecular weight is 320 g/mol. The first-order chi connectivity index (χ1) is 10.6. The molecule has 0 unspecified atom stereocenters. The number of rotatable bonds is 4. The predicted octanol–water partition coefficient (Wildman–Crippen LogP) is 3.38. The van der Waals surface area contributed by atoms with Gasteiger partial charge in [-0.1, -0.05) is 29.8 Å².